The summed E-state index contributed by atoms with van der Waals surface area (Å²) < 4.78 is 16.3. The summed E-state index contributed by atoms with van der Waals surface area (Å²) in [6.45, 7) is 5.00. The van der Waals surface area contributed by atoms with Crippen molar-refractivity contribution in [3.8, 4) is 11.5 Å². The number of likely N-dealkylation sites (N-methyl/N-ethyl adjacent to an activating group) is 1. The number of nitrogens with zero attached hydrogens (tertiary/aromatic N) is 2. The summed E-state index contributed by atoms with van der Waals surface area (Å²) in [6.07, 6.45) is 0.965. The summed E-state index contributed by atoms with van der Waals surface area (Å²) in [5.74, 6) is 1.50. The predicted octanol–water partition coefficient (Wildman–Crippen LogP) is 1.71. The third-order valence-corrected chi connectivity index (χ3v) is 4.88. The van der Waals surface area contributed by atoms with Crippen molar-refractivity contribution in [2.45, 2.75) is 38.5 Å². The maximum atomic E-state index is 11.8. The van der Waals surface area contributed by atoms with Crippen LogP contribution in [0.5, 0.6) is 11.5 Å². The smallest absolute Gasteiger partial charge is 0.409 e. The van der Waals surface area contributed by atoms with Gasteiger partial charge in [0.1, 0.15) is 24.2 Å². The molecule has 1 atom stereocenters. The Kier molecular flexibility index (Phi) is 9.50. The van der Waals surface area contributed by atoms with Crippen molar-refractivity contribution in [1.82, 2.24) is 15.1 Å². The molecule has 0 saturated carbocycles. The zero-order chi connectivity index (χ0) is 21.2. The Morgan fingerprint density at radius 1 is 1.34 bits per heavy atom. The van der Waals surface area contributed by atoms with E-state index in [4.69, 9.17) is 14.2 Å². The van der Waals surface area contributed by atoms with Crippen LogP contribution >= 0.6 is 0 Å². The molecule has 2 rings (SSSR count). The summed E-state index contributed by atoms with van der Waals surface area (Å²) in [6, 6.07) is 6.00. The molecule has 1 heterocycles. The number of ether oxygens (including phenoxy) is 3. The molecule has 0 radical (unpaired) electrons. The minimum absolute atomic E-state index is 0.231. The molecular formula is C21H35N3O5. The van der Waals surface area contributed by atoms with Crippen LogP contribution in [0.4, 0.5) is 4.79 Å². The summed E-state index contributed by atoms with van der Waals surface area (Å²) in [5.41, 5.74) is 0.981. The van der Waals surface area contributed by atoms with Gasteiger partial charge in [-0.3, -0.25) is 0 Å². The SMILES string of the molecule is CCOC(=O)N1CCC(NCc2cc(OC)ccc2OC[C@H](O)CN(C)C)CC1. The van der Waals surface area contributed by atoms with Crippen LogP contribution in [0, 0.1) is 0 Å². The standard InChI is InChI=1S/C21H35N3O5/c1-5-28-21(26)24-10-8-17(9-11-24)22-13-16-12-19(27-4)6-7-20(16)29-15-18(25)14-23(2)3/h6-7,12,17-18,22,25H,5,8-11,13-15H2,1-4H3/t18-/m1/s1. The summed E-state index contributed by atoms with van der Waals surface area (Å²) in [7, 11) is 5.47. The van der Waals surface area contributed by atoms with Gasteiger partial charge in [0.25, 0.3) is 0 Å². The Balaban J connectivity index is 1.89. The molecular weight excluding hydrogens is 374 g/mol. The van der Waals surface area contributed by atoms with Crippen molar-refractivity contribution in [3.63, 3.8) is 0 Å². The summed E-state index contributed by atoms with van der Waals surface area (Å²) in [4.78, 5) is 15.5. The van der Waals surface area contributed by atoms with Crippen LogP contribution in [0.1, 0.15) is 25.3 Å². The number of carbonyl (C=O) groups excluding carboxylic acids is 1. The van der Waals surface area contributed by atoms with E-state index in [-0.39, 0.29) is 12.7 Å². The Morgan fingerprint density at radius 2 is 2.07 bits per heavy atom. The lowest BCUT2D eigenvalue weighted by Gasteiger charge is -2.32. The van der Waals surface area contributed by atoms with Gasteiger partial charge in [0, 0.05) is 37.8 Å². The van der Waals surface area contributed by atoms with E-state index in [1.165, 1.54) is 0 Å². The first-order chi connectivity index (χ1) is 13.9. The van der Waals surface area contributed by atoms with E-state index < -0.39 is 6.10 Å². The molecule has 0 aromatic heterocycles. The largest absolute Gasteiger partial charge is 0.497 e. The number of rotatable bonds is 10. The number of methoxy groups -OCH3 is 1. The van der Waals surface area contributed by atoms with Gasteiger partial charge in [0.05, 0.1) is 13.7 Å². The van der Waals surface area contributed by atoms with E-state index in [1.807, 2.05) is 44.1 Å². The fourth-order valence-electron chi connectivity index (χ4n) is 3.36. The predicted molar refractivity (Wildman–Crippen MR) is 112 cm³/mol. The second-order valence-electron chi connectivity index (χ2n) is 7.54. The number of aliphatic hydroxyl groups excluding tert-OH is 1. The third-order valence-electron chi connectivity index (χ3n) is 4.88. The molecule has 29 heavy (non-hydrogen) atoms. The van der Waals surface area contributed by atoms with Crippen molar-refractivity contribution in [1.29, 1.82) is 0 Å². The number of aliphatic hydroxyl groups is 1. The number of hydrogen-bond acceptors (Lipinski definition) is 7. The average molecular weight is 410 g/mol. The normalized spacial score (nSPS) is 16.0. The number of benzene rings is 1. The Hall–Kier alpha value is -2.03. The van der Waals surface area contributed by atoms with Crippen LogP contribution in [0.3, 0.4) is 0 Å². The van der Waals surface area contributed by atoms with E-state index in [0.717, 1.165) is 29.9 Å². The topological polar surface area (TPSA) is 83.5 Å². The third kappa shape index (κ3) is 7.72. The maximum absolute atomic E-state index is 11.8. The minimum Gasteiger partial charge on any atom is -0.497 e. The summed E-state index contributed by atoms with van der Waals surface area (Å²) >= 11 is 0. The van der Waals surface area contributed by atoms with Gasteiger partial charge in [0.2, 0.25) is 0 Å². The molecule has 164 valence electrons. The van der Waals surface area contributed by atoms with Crippen LogP contribution in [0.2, 0.25) is 0 Å². The minimum atomic E-state index is -0.555. The van der Waals surface area contributed by atoms with E-state index in [2.05, 4.69) is 5.32 Å². The van der Waals surface area contributed by atoms with Crippen molar-refractivity contribution < 1.29 is 24.1 Å². The van der Waals surface area contributed by atoms with E-state index in [9.17, 15) is 9.90 Å². The summed E-state index contributed by atoms with van der Waals surface area (Å²) in [5, 5.41) is 13.6. The molecule has 1 amide bonds. The van der Waals surface area contributed by atoms with Gasteiger partial charge in [-0.2, -0.15) is 0 Å². The monoisotopic (exact) mass is 409 g/mol. The number of likely N-dealkylation sites (tertiary alicyclic amines) is 1. The van der Waals surface area contributed by atoms with Crippen molar-refractivity contribution in [3.05, 3.63) is 23.8 Å². The second kappa shape index (κ2) is 11.8. The van der Waals surface area contributed by atoms with E-state index in [1.54, 1.807) is 12.0 Å². The first-order valence-electron chi connectivity index (χ1n) is 10.2. The van der Waals surface area contributed by atoms with Gasteiger partial charge in [0.15, 0.2) is 0 Å². The maximum Gasteiger partial charge on any atom is 0.409 e. The quantitative estimate of drug-likeness (QED) is 0.609. The van der Waals surface area contributed by atoms with Gasteiger partial charge in [-0.25, -0.2) is 4.79 Å². The van der Waals surface area contributed by atoms with Crippen molar-refractivity contribution in [2.75, 3.05) is 54.1 Å². The molecule has 0 aliphatic carbocycles. The lowest BCUT2D eigenvalue weighted by atomic mass is 10.0. The van der Waals surface area contributed by atoms with Gasteiger partial charge in [-0.1, -0.05) is 0 Å². The highest BCUT2D eigenvalue weighted by Crippen LogP contribution is 2.25. The first-order valence-corrected chi connectivity index (χ1v) is 10.2. The Labute approximate surface area is 173 Å². The van der Waals surface area contributed by atoms with Gasteiger partial charge in [-0.05, 0) is 52.1 Å². The molecule has 8 nitrogen and oxygen atoms in total. The van der Waals surface area contributed by atoms with Crippen LogP contribution in [-0.4, -0.2) is 87.2 Å². The highest BCUT2D eigenvalue weighted by atomic mass is 16.6. The second-order valence-corrected chi connectivity index (χ2v) is 7.54. The number of hydrogen-bond donors (Lipinski definition) is 2. The first kappa shape index (κ1) is 23.3. The molecule has 8 heteroatoms. The highest BCUT2D eigenvalue weighted by molar-refractivity contribution is 5.67. The van der Waals surface area contributed by atoms with Crippen molar-refractivity contribution in [2.24, 2.45) is 0 Å². The fourth-order valence-corrected chi connectivity index (χ4v) is 3.36. The molecule has 0 unspecified atom stereocenters. The lowest BCUT2D eigenvalue weighted by Crippen LogP contribution is -2.44. The van der Waals surface area contributed by atoms with E-state index >= 15 is 0 Å². The number of piperidine rings is 1. The highest BCUT2D eigenvalue weighted by Gasteiger charge is 2.23. The van der Waals surface area contributed by atoms with Gasteiger partial charge in [-0.15, -0.1) is 0 Å². The zero-order valence-electron chi connectivity index (χ0n) is 18.0. The van der Waals surface area contributed by atoms with Crippen LogP contribution in [0.15, 0.2) is 18.2 Å². The molecule has 1 aliphatic rings. The molecule has 0 spiro atoms. The Bertz CT molecular complexity index is 633. The average Bonchev–Trinajstić information content (AvgIpc) is 2.71. The molecule has 1 fully saturated rings. The van der Waals surface area contributed by atoms with Crippen LogP contribution < -0.4 is 14.8 Å². The van der Waals surface area contributed by atoms with Gasteiger partial charge >= 0.3 is 6.09 Å². The molecule has 1 saturated heterocycles. The molecule has 1 aliphatic heterocycles. The number of nitrogens with one attached hydrogen (secondary N) is 1. The van der Waals surface area contributed by atoms with Crippen LogP contribution in [0.25, 0.3) is 0 Å². The number of amides is 1. The van der Waals surface area contributed by atoms with Crippen molar-refractivity contribution >= 4 is 6.09 Å². The zero-order valence-corrected chi connectivity index (χ0v) is 18.0. The van der Waals surface area contributed by atoms with Crippen LogP contribution in [-0.2, 0) is 11.3 Å². The molecule has 1 aromatic rings. The number of carbonyl (C=O) groups is 1. The Morgan fingerprint density at radius 3 is 2.69 bits per heavy atom. The molecule has 0 bridgehead atoms. The fraction of sp³-hybridized carbons (Fsp3) is 0.667. The molecule has 2 N–H and O–H groups in total. The molecule has 1 aromatic carbocycles. The van der Waals surface area contributed by atoms with Gasteiger partial charge < -0.3 is 34.4 Å². The lowest BCUT2D eigenvalue weighted by molar-refractivity contribution is 0.0824. The van der Waals surface area contributed by atoms with E-state index in [0.29, 0.717) is 38.8 Å².